The van der Waals surface area contributed by atoms with Crippen molar-refractivity contribution in [3.05, 3.63) is 50.9 Å². The van der Waals surface area contributed by atoms with Gasteiger partial charge in [-0.25, -0.2) is 4.79 Å². The molecule has 2 heterocycles. The predicted molar refractivity (Wildman–Crippen MR) is 80.0 cm³/mol. The number of nitrogens with zero attached hydrogens (tertiary/aromatic N) is 1. The summed E-state index contributed by atoms with van der Waals surface area (Å²) >= 11 is 5.04. The van der Waals surface area contributed by atoms with Crippen LogP contribution in [0.25, 0.3) is 0 Å². The Bertz CT molecular complexity index is 544. The average molecular weight is 340 g/mol. The van der Waals surface area contributed by atoms with Crippen molar-refractivity contribution in [2.45, 2.75) is 19.5 Å². The molecule has 0 aliphatic heterocycles. The Morgan fingerprint density at radius 2 is 2.37 bits per heavy atom. The van der Waals surface area contributed by atoms with E-state index in [0.29, 0.717) is 6.54 Å². The van der Waals surface area contributed by atoms with E-state index in [9.17, 15) is 4.79 Å². The van der Waals surface area contributed by atoms with Crippen LogP contribution in [0.4, 0.5) is 4.79 Å². The Kier molecular flexibility index (Phi) is 4.93. The van der Waals surface area contributed by atoms with Gasteiger partial charge in [-0.2, -0.15) is 0 Å². The van der Waals surface area contributed by atoms with Crippen LogP contribution in [0.15, 0.2) is 40.4 Å². The third-order valence-corrected chi connectivity index (χ3v) is 4.56. The number of aromatic nitrogens is 1. The van der Waals surface area contributed by atoms with Crippen LogP contribution in [-0.4, -0.2) is 11.0 Å². The van der Waals surface area contributed by atoms with E-state index in [1.807, 2.05) is 30.5 Å². The van der Waals surface area contributed by atoms with Gasteiger partial charge >= 0.3 is 6.03 Å². The van der Waals surface area contributed by atoms with Crippen LogP contribution >= 0.6 is 27.3 Å². The molecule has 0 bridgehead atoms. The maximum Gasteiger partial charge on any atom is 0.315 e. The van der Waals surface area contributed by atoms with Crippen LogP contribution in [0.3, 0.4) is 0 Å². The van der Waals surface area contributed by atoms with Crippen molar-refractivity contribution in [1.82, 2.24) is 15.6 Å². The standard InChI is InChI=1S/C13H14BrN3OS/c1-9(10-3-2-5-15-7-10)17-13(18)16-8-12-11(14)4-6-19-12/h2-7,9H,8H2,1H3,(H2,16,17,18). The molecule has 0 fully saturated rings. The van der Waals surface area contributed by atoms with Gasteiger partial charge in [0.05, 0.1) is 12.6 Å². The summed E-state index contributed by atoms with van der Waals surface area (Å²) in [5.41, 5.74) is 0.981. The molecule has 2 aromatic rings. The summed E-state index contributed by atoms with van der Waals surface area (Å²) < 4.78 is 1.03. The number of rotatable bonds is 4. The molecule has 6 heteroatoms. The van der Waals surface area contributed by atoms with Gasteiger partial charge in [0.25, 0.3) is 0 Å². The van der Waals surface area contributed by atoms with E-state index < -0.39 is 0 Å². The normalized spacial score (nSPS) is 11.9. The summed E-state index contributed by atoms with van der Waals surface area (Å²) in [4.78, 5) is 16.9. The minimum atomic E-state index is -0.184. The zero-order chi connectivity index (χ0) is 13.7. The largest absolute Gasteiger partial charge is 0.333 e. The fraction of sp³-hybridized carbons (Fsp3) is 0.231. The molecule has 0 radical (unpaired) electrons. The molecule has 4 nitrogen and oxygen atoms in total. The van der Waals surface area contributed by atoms with Crippen LogP contribution in [0, 0.1) is 0 Å². The molecule has 0 aromatic carbocycles. The lowest BCUT2D eigenvalue weighted by atomic mass is 10.1. The molecule has 2 N–H and O–H groups in total. The van der Waals surface area contributed by atoms with Crippen LogP contribution in [0.1, 0.15) is 23.4 Å². The Morgan fingerprint density at radius 1 is 1.53 bits per heavy atom. The molecule has 0 saturated heterocycles. The van der Waals surface area contributed by atoms with Gasteiger partial charge in [0.1, 0.15) is 0 Å². The summed E-state index contributed by atoms with van der Waals surface area (Å²) in [6.07, 6.45) is 3.46. The number of halogens is 1. The number of thiophene rings is 1. The Labute approximate surface area is 124 Å². The topological polar surface area (TPSA) is 54.0 Å². The first kappa shape index (κ1) is 14.0. The number of hydrogen-bond acceptors (Lipinski definition) is 3. The van der Waals surface area contributed by atoms with Gasteiger partial charge in [-0.15, -0.1) is 11.3 Å². The molecule has 1 atom stereocenters. The summed E-state index contributed by atoms with van der Waals surface area (Å²) in [5.74, 6) is 0. The third-order valence-electron chi connectivity index (χ3n) is 2.63. The Balaban J connectivity index is 1.83. The second kappa shape index (κ2) is 6.68. The quantitative estimate of drug-likeness (QED) is 0.896. The van der Waals surface area contributed by atoms with Gasteiger partial charge in [-0.3, -0.25) is 4.98 Å². The monoisotopic (exact) mass is 339 g/mol. The molecule has 2 amide bonds. The minimum absolute atomic E-state index is 0.0690. The van der Waals surface area contributed by atoms with Crippen molar-refractivity contribution in [2.24, 2.45) is 0 Å². The van der Waals surface area contributed by atoms with Gasteiger partial charge in [-0.05, 0) is 45.9 Å². The first-order valence-electron chi connectivity index (χ1n) is 5.83. The van der Waals surface area contributed by atoms with Crippen molar-refractivity contribution < 1.29 is 4.79 Å². The van der Waals surface area contributed by atoms with Gasteiger partial charge in [-0.1, -0.05) is 6.07 Å². The summed E-state index contributed by atoms with van der Waals surface area (Å²) in [7, 11) is 0. The van der Waals surface area contributed by atoms with Gasteiger partial charge in [0, 0.05) is 21.7 Å². The van der Waals surface area contributed by atoms with Crippen LogP contribution in [0.5, 0.6) is 0 Å². The van der Waals surface area contributed by atoms with Crippen LogP contribution in [0.2, 0.25) is 0 Å². The molecular weight excluding hydrogens is 326 g/mol. The van der Waals surface area contributed by atoms with Crippen LogP contribution in [-0.2, 0) is 6.54 Å². The van der Waals surface area contributed by atoms with Crippen molar-refractivity contribution in [1.29, 1.82) is 0 Å². The summed E-state index contributed by atoms with van der Waals surface area (Å²) in [6.45, 7) is 2.45. The minimum Gasteiger partial charge on any atom is -0.333 e. The average Bonchev–Trinajstić information content (AvgIpc) is 2.83. The zero-order valence-electron chi connectivity index (χ0n) is 10.4. The summed E-state index contributed by atoms with van der Waals surface area (Å²) in [5, 5.41) is 7.70. The number of nitrogens with one attached hydrogen (secondary N) is 2. The van der Waals surface area contributed by atoms with E-state index in [2.05, 4.69) is 31.5 Å². The molecule has 2 aromatic heterocycles. The highest BCUT2D eigenvalue weighted by atomic mass is 79.9. The van der Waals surface area contributed by atoms with Crippen molar-refractivity contribution in [3.8, 4) is 0 Å². The zero-order valence-corrected chi connectivity index (χ0v) is 12.8. The smallest absolute Gasteiger partial charge is 0.315 e. The van der Waals surface area contributed by atoms with E-state index in [4.69, 9.17) is 0 Å². The lowest BCUT2D eigenvalue weighted by Gasteiger charge is -2.14. The molecular formula is C13H14BrN3OS. The molecule has 1 unspecified atom stereocenters. The summed E-state index contributed by atoms with van der Waals surface area (Å²) in [6, 6.07) is 5.51. The molecule has 19 heavy (non-hydrogen) atoms. The highest BCUT2D eigenvalue weighted by Gasteiger charge is 2.09. The van der Waals surface area contributed by atoms with Crippen molar-refractivity contribution in [3.63, 3.8) is 0 Å². The van der Waals surface area contributed by atoms with E-state index >= 15 is 0 Å². The molecule has 0 spiro atoms. The fourth-order valence-corrected chi connectivity index (χ4v) is 3.01. The van der Waals surface area contributed by atoms with E-state index in [1.54, 1.807) is 23.7 Å². The van der Waals surface area contributed by atoms with Gasteiger partial charge < -0.3 is 10.6 Å². The second-order valence-electron chi connectivity index (χ2n) is 4.03. The molecule has 0 aliphatic rings. The number of urea groups is 1. The fourth-order valence-electron chi connectivity index (χ4n) is 1.57. The molecule has 0 saturated carbocycles. The molecule has 0 aliphatic carbocycles. The first-order valence-corrected chi connectivity index (χ1v) is 7.50. The number of hydrogen-bond donors (Lipinski definition) is 2. The maximum atomic E-state index is 11.8. The van der Waals surface area contributed by atoms with Gasteiger partial charge in [0.2, 0.25) is 0 Å². The number of pyridine rings is 1. The second-order valence-corrected chi connectivity index (χ2v) is 5.88. The highest BCUT2D eigenvalue weighted by molar-refractivity contribution is 9.10. The van der Waals surface area contributed by atoms with Gasteiger partial charge in [0.15, 0.2) is 0 Å². The predicted octanol–water partition coefficient (Wildman–Crippen LogP) is 3.47. The first-order chi connectivity index (χ1) is 9.16. The van der Waals surface area contributed by atoms with E-state index in [1.165, 1.54) is 0 Å². The van der Waals surface area contributed by atoms with Crippen molar-refractivity contribution in [2.75, 3.05) is 0 Å². The number of amides is 2. The maximum absolute atomic E-state index is 11.8. The number of carbonyl (C=O) groups excluding carboxylic acids is 1. The lowest BCUT2D eigenvalue weighted by Crippen LogP contribution is -2.36. The molecule has 2 rings (SSSR count). The number of carbonyl (C=O) groups is 1. The van der Waals surface area contributed by atoms with E-state index in [0.717, 1.165) is 14.9 Å². The third kappa shape index (κ3) is 4.04. The SMILES string of the molecule is CC(NC(=O)NCc1sccc1Br)c1cccnc1. The van der Waals surface area contributed by atoms with E-state index in [-0.39, 0.29) is 12.1 Å². The van der Waals surface area contributed by atoms with Crippen LogP contribution < -0.4 is 10.6 Å². The Morgan fingerprint density at radius 3 is 3.00 bits per heavy atom. The lowest BCUT2D eigenvalue weighted by molar-refractivity contribution is 0.237. The molecule has 100 valence electrons. The Hall–Kier alpha value is -1.40. The highest BCUT2D eigenvalue weighted by Crippen LogP contribution is 2.22. The van der Waals surface area contributed by atoms with Crippen molar-refractivity contribution >= 4 is 33.3 Å².